The molecule has 3 N–H and O–H groups in total. The van der Waals surface area contributed by atoms with Crippen LogP contribution in [0.5, 0.6) is 11.5 Å². The zero-order valence-electron chi connectivity index (χ0n) is 19.9. The van der Waals surface area contributed by atoms with E-state index in [-0.39, 0.29) is 42.3 Å². The fourth-order valence-electron chi connectivity index (χ4n) is 4.13. The number of carbonyl (C=O) groups excluding carboxylic acids is 2. The van der Waals surface area contributed by atoms with Crippen molar-refractivity contribution in [3.05, 3.63) is 59.4 Å². The molecule has 4 rings (SSSR count). The lowest BCUT2D eigenvalue weighted by Crippen LogP contribution is -2.52. The Morgan fingerprint density at radius 2 is 1.94 bits per heavy atom. The van der Waals surface area contributed by atoms with Crippen LogP contribution in [0.4, 0.5) is 4.79 Å². The number of phenolic OH excluding ortho intramolecular Hbond substituents is 1. The van der Waals surface area contributed by atoms with Crippen LogP contribution in [0.1, 0.15) is 34.3 Å². The summed E-state index contributed by atoms with van der Waals surface area (Å²) in [7, 11) is 1.16. The van der Waals surface area contributed by atoms with Gasteiger partial charge < -0.3 is 38.7 Å². The molecule has 0 radical (unpaired) electrons. The number of ketones is 1. The quantitative estimate of drug-likeness (QED) is 0.311. The lowest BCUT2D eigenvalue weighted by Gasteiger charge is -2.36. The van der Waals surface area contributed by atoms with Gasteiger partial charge in [-0.3, -0.25) is 4.79 Å². The minimum atomic E-state index is -1.44. The molecule has 0 spiro atoms. The number of phenols is 1. The van der Waals surface area contributed by atoms with Crippen LogP contribution in [-0.2, 0) is 20.6 Å². The van der Waals surface area contributed by atoms with Crippen molar-refractivity contribution in [2.24, 2.45) is 0 Å². The van der Waals surface area contributed by atoms with Gasteiger partial charge in [-0.15, -0.1) is 0 Å². The van der Waals surface area contributed by atoms with Crippen molar-refractivity contribution < 1.29 is 48.3 Å². The number of aryl methyl sites for hydroxylation is 2. The molecule has 1 aliphatic heterocycles. The second-order valence-corrected chi connectivity index (χ2v) is 8.68. The molecule has 1 saturated heterocycles. The van der Waals surface area contributed by atoms with E-state index in [9.17, 15) is 24.9 Å². The summed E-state index contributed by atoms with van der Waals surface area (Å²) in [6.07, 6.45) is -3.66. The molecule has 0 amide bonds. The third kappa shape index (κ3) is 5.78. The summed E-state index contributed by atoms with van der Waals surface area (Å²) in [6.45, 7) is 1.48. The van der Waals surface area contributed by atoms with E-state index in [1.807, 2.05) is 24.3 Å². The van der Waals surface area contributed by atoms with Crippen molar-refractivity contribution in [2.45, 2.75) is 50.8 Å². The number of hydrogen-bond donors (Lipinski definition) is 3. The number of benzene rings is 2. The molecule has 0 saturated carbocycles. The molecule has 1 aliphatic rings. The predicted octanol–water partition coefficient (Wildman–Crippen LogP) is 3.26. The first-order chi connectivity index (χ1) is 17.2. The van der Waals surface area contributed by atoms with E-state index in [2.05, 4.69) is 4.74 Å². The summed E-state index contributed by atoms with van der Waals surface area (Å²) in [4.78, 5) is 24.4. The van der Waals surface area contributed by atoms with E-state index in [1.54, 1.807) is 19.3 Å². The van der Waals surface area contributed by atoms with Crippen LogP contribution in [0.15, 0.2) is 47.1 Å². The first-order valence-corrected chi connectivity index (χ1v) is 11.5. The summed E-state index contributed by atoms with van der Waals surface area (Å²) in [5, 5.41) is 32.2. The van der Waals surface area contributed by atoms with Crippen LogP contribution in [0, 0.1) is 6.92 Å². The lowest BCUT2D eigenvalue weighted by molar-refractivity contribution is -0.241. The van der Waals surface area contributed by atoms with Crippen LogP contribution in [0.3, 0.4) is 0 Å². The zero-order chi connectivity index (χ0) is 25.8. The number of ether oxygens (including phenoxy) is 4. The van der Waals surface area contributed by atoms with E-state index < -0.39 is 30.8 Å². The Morgan fingerprint density at radius 1 is 1.14 bits per heavy atom. The summed E-state index contributed by atoms with van der Waals surface area (Å²) < 4.78 is 26.1. The smallest absolute Gasteiger partial charge is 0.507 e. The Labute approximate surface area is 206 Å². The maximum absolute atomic E-state index is 13.2. The van der Waals surface area contributed by atoms with Gasteiger partial charge in [-0.05, 0) is 54.8 Å². The van der Waals surface area contributed by atoms with E-state index in [4.69, 9.17) is 18.6 Å². The average molecular weight is 501 g/mol. The van der Waals surface area contributed by atoms with E-state index in [1.165, 1.54) is 6.07 Å². The Balaban J connectivity index is 1.50. The van der Waals surface area contributed by atoms with Gasteiger partial charge in [0, 0.05) is 18.2 Å². The van der Waals surface area contributed by atoms with Crippen molar-refractivity contribution in [3.63, 3.8) is 0 Å². The third-order valence-corrected chi connectivity index (χ3v) is 5.96. The molecule has 4 unspecified atom stereocenters. The van der Waals surface area contributed by atoms with Gasteiger partial charge in [0.05, 0.1) is 25.6 Å². The van der Waals surface area contributed by atoms with Crippen molar-refractivity contribution in [1.82, 2.24) is 0 Å². The molecule has 2 heterocycles. The number of aromatic hydroxyl groups is 1. The number of furan rings is 1. The number of rotatable bonds is 8. The molecule has 36 heavy (non-hydrogen) atoms. The minimum absolute atomic E-state index is 0.00794. The van der Waals surface area contributed by atoms with Crippen LogP contribution >= 0.6 is 0 Å². The zero-order valence-corrected chi connectivity index (χ0v) is 19.9. The Hall–Kier alpha value is -3.60. The van der Waals surface area contributed by atoms with Gasteiger partial charge in [-0.2, -0.15) is 0 Å². The summed E-state index contributed by atoms with van der Waals surface area (Å²) in [5.41, 5.74) is 2.23. The predicted molar refractivity (Wildman–Crippen MR) is 126 cm³/mol. The van der Waals surface area contributed by atoms with Gasteiger partial charge in [0.2, 0.25) is 6.29 Å². The molecule has 1 fully saturated rings. The molecule has 10 nitrogen and oxygen atoms in total. The number of hydrogen-bond acceptors (Lipinski definition) is 10. The third-order valence-electron chi connectivity index (χ3n) is 5.96. The Morgan fingerprint density at radius 3 is 2.72 bits per heavy atom. The molecule has 4 atom stereocenters. The van der Waals surface area contributed by atoms with Gasteiger partial charge >= 0.3 is 6.16 Å². The number of aliphatic hydroxyl groups excluding tert-OH is 2. The minimum Gasteiger partial charge on any atom is -0.507 e. The Kier molecular flexibility index (Phi) is 7.78. The van der Waals surface area contributed by atoms with Crippen molar-refractivity contribution in [2.75, 3.05) is 13.7 Å². The normalized spacial score (nSPS) is 21.8. The molecule has 2 aromatic carbocycles. The topological polar surface area (TPSA) is 145 Å². The van der Waals surface area contributed by atoms with Gasteiger partial charge in [0.1, 0.15) is 35.4 Å². The monoisotopic (exact) mass is 500 g/mol. The van der Waals surface area contributed by atoms with Crippen molar-refractivity contribution >= 4 is 22.9 Å². The highest BCUT2D eigenvalue weighted by molar-refractivity contribution is 6.01. The van der Waals surface area contributed by atoms with Crippen LogP contribution in [0.25, 0.3) is 11.0 Å². The second kappa shape index (κ2) is 11.0. The van der Waals surface area contributed by atoms with E-state index in [0.29, 0.717) is 12.0 Å². The van der Waals surface area contributed by atoms with Crippen LogP contribution in [-0.4, -0.2) is 65.6 Å². The molecule has 0 bridgehead atoms. The van der Waals surface area contributed by atoms with Gasteiger partial charge in [0.15, 0.2) is 5.78 Å². The first-order valence-electron chi connectivity index (χ1n) is 11.5. The first kappa shape index (κ1) is 25.5. The molecule has 10 heteroatoms. The standard InChI is InChI=1S/C26H28O10/c1-14-9-19(28)23(18(27)5-3-15-4-6-21-16(11-15)7-8-33-21)22(10-14)36-25-24(30)20(29)12-17(35-25)13-34-26(31)32-2/h4,6-11,17,20,24-25,28-30H,3,5,12-13H2,1-2H3. The maximum atomic E-state index is 13.2. The summed E-state index contributed by atoms with van der Waals surface area (Å²) in [6, 6.07) is 10.5. The number of fused-ring (bicyclic) bond motifs is 1. The average Bonchev–Trinajstić information content (AvgIpc) is 3.31. The van der Waals surface area contributed by atoms with Gasteiger partial charge in [-0.1, -0.05) is 6.07 Å². The number of Topliss-reactive ketones (excluding diaryl/α,β-unsaturated/α-hetero) is 1. The molecule has 3 aromatic rings. The molecular formula is C26H28O10. The molecule has 192 valence electrons. The van der Waals surface area contributed by atoms with Gasteiger partial charge in [0.25, 0.3) is 0 Å². The summed E-state index contributed by atoms with van der Waals surface area (Å²) >= 11 is 0. The Bertz CT molecular complexity index is 1230. The number of methoxy groups -OCH3 is 1. The largest absolute Gasteiger partial charge is 0.508 e. The fourth-order valence-corrected chi connectivity index (χ4v) is 4.13. The molecule has 1 aromatic heterocycles. The van der Waals surface area contributed by atoms with Crippen molar-refractivity contribution in [1.29, 1.82) is 0 Å². The van der Waals surface area contributed by atoms with Gasteiger partial charge in [-0.25, -0.2) is 4.79 Å². The molecular weight excluding hydrogens is 472 g/mol. The van der Waals surface area contributed by atoms with Crippen LogP contribution < -0.4 is 4.74 Å². The lowest BCUT2D eigenvalue weighted by atomic mass is 9.99. The fraction of sp³-hybridized carbons (Fsp3) is 0.385. The maximum Gasteiger partial charge on any atom is 0.508 e. The summed E-state index contributed by atoms with van der Waals surface area (Å²) in [5.74, 6) is -0.628. The second-order valence-electron chi connectivity index (χ2n) is 8.68. The van der Waals surface area contributed by atoms with Crippen LogP contribution in [0.2, 0.25) is 0 Å². The van der Waals surface area contributed by atoms with E-state index in [0.717, 1.165) is 23.6 Å². The SMILES string of the molecule is COC(=O)OCC1CC(O)C(O)C(Oc2cc(C)cc(O)c2C(=O)CCc2ccc3occc3c2)O1. The highest BCUT2D eigenvalue weighted by Crippen LogP contribution is 2.34. The van der Waals surface area contributed by atoms with E-state index >= 15 is 0 Å². The highest BCUT2D eigenvalue weighted by Gasteiger charge is 2.39. The highest BCUT2D eigenvalue weighted by atomic mass is 16.7. The molecule has 0 aliphatic carbocycles. The number of carbonyl (C=O) groups is 2. The van der Waals surface area contributed by atoms with Crippen molar-refractivity contribution in [3.8, 4) is 11.5 Å². The number of aliphatic hydroxyl groups is 2.